The molecule has 1 heterocycles. The van der Waals surface area contributed by atoms with Crippen molar-refractivity contribution in [1.82, 2.24) is 5.32 Å². The average molecular weight is 239 g/mol. The number of ether oxygens (including phenoxy) is 1. The number of Topliss-reactive ketones (excluding diaryl/α,β-unsaturated/α-hetero) is 1. The van der Waals surface area contributed by atoms with Crippen LogP contribution < -0.4 is 5.32 Å². The van der Waals surface area contributed by atoms with Crippen LogP contribution in [0.2, 0.25) is 0 Å². The normalized spacial score (nSPS) is 30.1. The Hall–Kier alpha value is -0.410. The van der Waals surface area contributed by atoms with E-state index in [0.29, 0.717) is 5.78 Å². The Morgan fingerprint density at radius 2 is 2.06 bits per heavy atom. The predicted octanol–water partition coefficient (Wildman–Crippen LogP) is 2.29. The summed E-state index contributed by atoms with van der Waals surface area (Å²) in [5, 5.41) is 3.06. The molecule has 2 atom stereocenters. The fraction of sp³-hybridized carbons (Fsp3) is 0.929. The van der Waals surface area contributed by atoms with Crippen LogP contribution in [0.25, 0.3) is 0 Å². The average Bonchev–Trinajstić information content (AvgIpc) is 2.38. The Morgan fingerprint density at radius 3 is 2.71 bits per heavy atom. The maximum Gasteiger partial charge on any atom is 0.152 e. The molecule has 2 aliphatic rings. The summed E-state index contributed by atoms with van der Waals surface area (Å²) in [7, 11) is 1.86. The molecule has 1 aliphatic heterocycles. The number of nitrogens with one attached hydrogen (secondary N) is 1. The molecule has 1 saturated carbocycles. The van der Waals surface area contributed by atoms with E-state index in [1.165, 1.54) is 19.3 Å². The van der Waals surface area contributed by atoms with E-state index in [2.05, 4.69) is 5.32 Å². The van der Waals surface area contributed by atoms with Gasteiger partial charge >= 0.3 is 0 Å². The molecular weight excluding hydrogens is 214 g/mol. The Kier molecular flexibility index (Phi) is 4.21. The SMILES string of the molecule is CNC(C)C(=O)C1CCOC2(CCCCC2)C1. The summed E-state index contributed by atoms with van der Waals surface area (Å²) in [4.78, 5) is 12.2. The van der Waals surface area contributed by atoms with Gasteiger partial charge in [0.05, 0.1) is 11.6 Å². The second-order valence-electron chi connectivity index (χ2n) is 5.69. The van der Waals surface area contributed by atoms with Crippen molar-refractivity contribution in [1.29, 1.82) is 0 Å². The Bertz CT molecular complexity index is 266. The van der Waals surface area contributed by atoms with Gasteiger partial charge in [0, 0.05) is 12.5 Å². The molecule has 3 nitrogen and oxygen atoms in total. The predicted molar refractivity (Wildman–Crippen MR) is 68.0 cm³/mol. The molecule has 1 saturated heterocycles. The van der Waals surface area contributed by atoms with Crippen LogP contribution in [-0.4, -0.2) is 31.1 Å². The molecule has 2 rings (SSSR count). The lowest BCUT2D eigenvalue weighted by Crippen LogP contribution is -2.46. The first-order valence-electron chi connectivity index (χ1n) is 7.02. The highest BCUT2D eigenvalue weighted by Gasteiger charge is 2.41. The van der Waals surface area contributed by atoms with E-state index in [0.717, 1.165) is 32.3 Å². The standard InChI is InChI=1S/C14H25NO2/c1-11(15-2)13(16)12-6-9-17-14(10-12)7-4-3-5-8-14/h11-12,15H,3-10H2,1-2H3. The molecule has 0 amide bonds. The van der Waals surface area contributed by atoms with Crippen molar-refractivity contribution < 1.29 is 9.53 Å². The first-order chi connectivity index (χ1) is 8.17. The molecule has 0 aromatic rings. The zero-order valence-corrected chi connectivity index (χ0v) is 11.1. The van der Waals surface area contributed by atoms with Crippen LogP contribution in [0.3, 0.4) is 0 Å². The molecule has 0 radical (unpaired) electrons. The summed E-state index contributed by atoms with van der Waals surface area (Å²) in [6.07, 6.45) is 8.04. The largest absolute Gasteiger partial charge is 0.375 e. The van der Waals surface area contributed by atoms with Crippen molar-refractivity contribution >= 4 is 5.78 Å². The maximum absolute atomic E-state index is 12.2. The van der Waals surface area contributed by atoms with Crippen molar-refractivity contribution in [3.05, 3.63) is 0 Å². The van der Waals surface area contributed by atoms with E-state index in [9.17, 15) is 4.79 Å². The van der Waals surface area contributed by atoms with Gasteiger partial charge in [0.2, 0.25) is 0 Å². The fourth-order valence-electron chi connectivity index (χ4n) is 3.31. The lowest BCUT2D eigenvalue weighted by molar-refractivity contribution is -0.144. The summed E-state index contributed by atoms with van der Waals surface area (Å²) in [6.45, 7) is 2.73. The summed E-state index contributed by atoms with van der Waals surface area (Å²) in [6, 6.07) is -0.0151. The fourth-order valence-corrected chi connectivity index (χ4v) is 3.31. The van der Waals surface area contributed by atoms with Gasteiger partial charge in [0.1, 0.15) is 0 Å². The summed E-state index contributed by atoms with van der Waals surface area (Å²) in [5.41, 5.74) is 0.0459. The zero-order chi connectivity index (χ0) is 12.3. The van der Waals surface area contributed by atoms with Crippen molar-refractivity contribution in [2.24, 2.45) is 5.92 Å². The molecule has 1 aliphatic carbocycles. The molecule has 1 spiro atoms. The van der Waals surface area contributed by atoms with Crippen molar-refractivity contribution in [3.63, 3.8) is 0 Å². The lowest BCUT2D eigenvalue weighted by atomic mass is 9.74. The lowest BCUT2D eigenvalue weighted by Gasteiger charge is -2.43. The number of hydrogen-bond acceptors (Lipinski definition) is 3. The highest BCUT2D eigenvalue weighted by atomic mass is 16.5. The number of likely N-dealkylation sites (N-methyl/N-ethyl adjacent to an activating group) is 1. The zero-order valence-electron chi connectivity index (χ0n) is 11.1. The van der Waals surface area contributed by atoms with Gasteiger partial charge < -0.3 is 10.1 Å². The van der Waals surface area contributed by atoms with Crippen molar-refractivity contribution in [2.75, 3.05) is 13.7 Å². The number of ketones is 1. The van der Waals surface area contributed by atoms with Crippen molar-refractivity contribution in [2.45, 2.75) is 63.5 Å². The summed E-state index contributed by atoms with van der Waals surface area (Å²) < 4.78 is 6.03. The summed E-state index contributed by atoms with van der Waals surface area (Å²) in [5.74, 6) is 0.588. The maximum atomic E-state index is 12.2. The van der Waals surface area contributed by atoms with Gasteiger partial charge in [-0.3, -0.25) is 4.79 Å². The minimum atomic E-state index is -0.0151. The van der Waals surface area contributed by atoms with Gasteiger partial charge in [-0.2, -0.15) is 0 Å². The smallest absolute Gasteiger partial charge is 0.152 e. The minimum Gasteiger partial charge on any atom is -0.375 e. The molecule has 17 heavy (non-hydrogen) atoms. The second kappa shape index (κ2) is 5.49. The molecule has 3 heteroatoms. The van der Waals surface area contributed by atoms with Crippen LogP contribution in [0.15, 0.2) is 0 Å². The Balaban J connectivity index is 1.98. The van der Waals surface area contributed by atoms with Crippen LogP contribution in [0, 0.1) is 5.92 Å². The van der Waals surface area contributed by atoms with Gasteiger partial charge in [-0.15, -0.1) is 0 Å². The first kappa shape index (κ1) is 13.0. The number of carbonyl (C=O) groups is 1. The number of rotatable bonds is 3. The highest BCUT2D eigenvalue weighted by Crippen LogP contribution is 2.41. The topological polar surface area (TPSA) is 38.3 Å². The van der Waals surface area contributed by atoms with Crippen LogP contribution in [0.4, 0.5) is 0 Å². The molecule has 2 fully saturated rings. The third-order valence-electron chi connectivity index (χ3n) is 4.52. The molecule has 98 valence electrons. The van der Waals surface area contributed by atoms with E-state index in [1.54, 1.807) is 0 Å². The van der Waals surface area contributed by atoms with E-state index in [1.807, 2.05) is 14.0 Å². The van der Waals surface area contributed by atoms with Crippen LogP contribution in [0.1, 0.15) is 51.9 Å². The number of carbonyl (C=O) groups excluding carboxylic acids is 1. The quantitative estimate of drug-likeness (QED) is 0.821. The molecule has 0 aromatic carbocycles. The number of hydrogen-bond donors (Lipinski definition) is 1. The van der Waals surface area contributed by atoms with Gasteiger partial charge in [0.25, 0.3) is 0 Å². The van der Waals surface area contributed by atoms with Gasteiger partial charge in [-0.1, -0.05) is 19.3 Å². The minimum absolute atomic E-state index is 0.0151. The van der Waals surface area contributed by atoms with E-state index in [4.69, 9.17) is 4.74 Å². The van der Waals surface area contributed by atoms with Gasteiger partial charge in [0.15, 0.2) is 5.78 Å². The molecule has 2 unspecified atom stereocenters. The van der Waals surface area contributed by atoms with Gasteiger partial charge in [-0.05, 0) is 39.7 Å². The van der Waals surface area contributed by atoms with Crippen molar-refractivity contribution in [3.8, 4) is 0 Å². The first-order valence-corrected chi connectivity index (χ1v) is 7.02. The molecule has 0 aromatic heterocycles. The monoisotopic (exact) mass is 239 g/mol. The van der Waals surface area contributed by atoms with Crippen LogP contribution in [-0.2, 0) is 9.53 Å². The Labute approximate surface area is 104 Å². The highest BCUT2D eigenvalue weighted by molar-refractivity contribution is 5.86. The Morgan fingerprint density at radius 1 is 1.35 bits per heavy atom. The molecular formula is C14H25NO2. The molecule has 1 N–H and O–H groups in total. The third kappa shape index (κ3) is 2.89. The second-order valence-corrected chi connectivity index (χ2v) is 5.69. The van der Waals surface area contributed by atoms with Gasteiger partial charge in [-0.25, -0.2) is 0 Å². The van der Waals surface area contributed by atoms with E-state index < -0.39 is 0 Å². The van der Waals surface area contributed by atoms with E-state index in [-0.39, 0.29) is 17.6 Å². The third-order valence-corrected chi connectivity index (χ3v) is 4.52. The van der Waals surface area contributed by atoms with Crippen LogP contribution >= 0.6 is 0 Å². The van der Waals surface area contributed by atoms with Crippen LogP contribution in [0.5, 0.6) is 0 Å². The van der Waals surface area contributed by atoms with E-state index >= 15 is 0 Å². The summed E-state index contributed by atoms with van der Waals surface area (Å²) >= 11 is 0. The molecule has 0 bridgehead atoms.